The van der Waals surface area contributed by atoms with E-state index in [9.17, 15) is 4.39 Å². The Morgan fingerprint density at radius 1 is 0.600 bits per heavy atom. The van der Waals surface area contributed by atoms with Gasteiger partial charge in [-0.05, 0) is 29.3 Å². The molecule has 17 heteroatoms. The molecule has 0 spiro atoms. The number of nitrogens with zero attached hydrogens (tertiary/aromatic N) is 10. The van der Waals surface area contributed by atoms with Gasteiger partial charge in [0, 0.05) is 18.3 Å². The Labute approximate surface area is 314 Å². The molecule has 0 saturated heterocycles. The zero-order valence-electron chi connectivity index (χ0n) is 30.5. The first kappa shape index (κ1) is 42.2. The fraction of sp³-hybridized carbons (Fsp3) is 0.158. The zero-order chi connectivity index (χ0) is 37.6. The summed E-state index contributed by atoms with van der Waals surface area (Å²) in [5.74, 6) is 0.248. The van der Waals surface area contributed by atoms with Gasteiger partial charge in [0.2, 0.25) is 0 Å². The van der Waals surface area contributed by atoms with E-state index in [-0.39, 0.29) is 21.1 Å². The van der Waals surface area contributed by atoms with Crippen molar-refractivity contribution < 1.29 is 22.8 Å². The highest BCUT2D eigenvalue weighted by Gasteiger charge is 2.18. The summed E-state index contributed by atoms with van der Waals surface area (Å²) in [6.45, 7) is 9.13. The van der Waals surface area contributed by atoms with Crippen molar-refractivity contribution in [3.8, 4) is 45.8 Å². The first-order valence-electron chi connectivity index (χ1n) is 16.9. The van der Waals surface area contributed by atoms with E-state index in [1.165, 1.54) is 12.5 Å². The molecule has 0 aliphatic rings. The molecule has 0 saturated carbocycles. The lowest BCUT2D eigenvalue weighted by Crippen LogP contribution is -2.04. The number of aromatic nitrogens is 10. The fourth-order valence-electron chi connectivity index (χ4n) is 4.91. The van der Waals surface area contributed by atoms with E-state index in [2.05, 4.69) is 40.4 Å². The molecule has 286 valence electrons. The molecule has 8 aromatic rings. The van der Waals surface area contributed by atoms with Gasteiger partial charge in [-0.15, -0.1) is 0 Å². The highest BCUT2D eigenvalue weighted by atomic mass is 19.1. The predicted molar refractivity (Wildman–Crippen MR) is 205 cm³/mol. The molecule has 0 fully saturated rings. The third-order valence-corrected chi connectivity index (χ3v) is 7.22. The number of benzene rings is 2. The minimum atomic E-state index is -0.663. The zero-order valence-corrected chi connectivity index (χ0v) is 30.5. The summed E-state index contributed by atoms with van der Waals surface area (Å²) in [5.41, 5.74) is 17.5. The summed E-state index contributed by atoms with van der Waals surface area (Å²) in [4.78, 5) is 16.4. The minimum Gasteiger partial charge on any atom is -0.384 e. The van der Waals surface area contributed by atoms with E-state index in [1.807, 2.05) is 99.1 Å². The monoisotopic (exact) mass is 754 g/mol. The van der Waals surface area contributed by atoms with Crippen LogP contribution in [-0.2, 0) is 13.1 Å². The predicted octanol–water partition coefficient (Wildman–Crippen LogP) is 7.75. The average Bonchev–Trinajstić information content (AvgIpc) is 4.04. The quantitative estimate of drug-likeness (QED) is 0.154. The summed E-state index contributed by atoms with van der Waals surface area (Å²) < 4.78 is 26.8. The van der Waals surface area contributed by atoms with Crippen LogP contribution in [0.2, 0.25) is 0 Å². The maximum absolute atomic E-state index is 13.3. The number of rotatable bonds is 8. The van der Waals surface area contributed by atoms with Gasteiger partial charge in [-0.1, -0.05) is 98.7 Å². The molecule has 2 aromatic carbocycles. The van der Waals surface area contributed by atoms with Gasteiger partial charge >= 0.3 is 0 Å². The van der Waals surface area contributed by atoms with Crippen molar-refractivity contribution in [1.29, 1.82) is 0 Å². The number of halogens is 3. The van der Waals surface area contributed by atoms with Crippen LogP contribution in [0.5, 0.6) is 0 Å². The van der Waals surface area contributed by atoms with Crippen LogP contribution in [0.4, 0.5) is 25.4 Å². The molecule has 4 N–H and O–H groups in total. The van der Waals surface area contributed by atoms with Crippen molar-refractivity contribution >= 4 is 11.6 Å². The van der Waals surface area contributed by atoms with Gasteiger partial charge in [0.25, 0.3) is 0 Å². The second-order valence-electron chi connectivity index (χ2n) is 10.6. The Kier molecular flexibility index (Phi) is 15.9. The summed E-state index contributed by atoms with van der Waals surface area (Å²) >= 11 is 0. The van der Waals surface area contributed by atoms with Gasteiger partial charge in [0.15, 0.2) is 23.3 Å². The second kappa shape index (κ2) is 20.8. The van der Waals surface area contributed by atoms with Gasteiger partial charge < -0.3 is 20.5 Å². The lowest BCUT2D eigenvalue weighted by Gasteiger charge is -2.05. The number of nitrogens with two attached hydrogens (primary N) is 2. The molecule has 14 nitrogen and oxygen atoms in total. The summed E-state index contributed by atoms with van der Waals surface area (Å²) in [7, 11) is 0. The molecule has 55 heavy (non-hydrogen) atoms. The number of hydrogen-bond acceptors (Lipinski definition) is 12. The molecule has 6 heterocycles. The van der Waals surface area contributed by atoms with Gasteiger partial charge in [-0.2, -0.15) is 10.2 Å². The lowest BCUT2D eigenvalue weighted by molar-refractivity contribution is 0.421. The summed E-state index contributed by atoms with van der Waals surface area (Å²) in [5, 5.41) is 17.1. The molecule has 0 radical (unpaired) electrons. The van der Waals surface area contributed by atoms with Crippen LogP contribution in [0.3, 0.4) is 0 Å². The van der Waals surface area contributed by atoms with Crippen LogP contribution < -0.4 is 11.5 Å². The number of nitrogen functional groups attached to an aromatic ring is 2. The van der Waals surface area contributed by atoms with Gasteiger partial charge in [-0.25, -0.2) is 24.3 Å². The van der Waals surface area contributed by atoms with E-state index < -0.39 is 5.82 Å². The molecule has 0 aliphatic heterocycles. The fourth-order valence-corrected chi connectivity index (χ4v) is 4.91. The van der Waals surface area contributed by atoms with Crippen LogP contribution in [0.1, 0.15) is 38.8 Å². The van der Waals surface area contributed by atoms with Crippen molar-refractivity contribution in [3.05, 3.63) is 133 Å². The molecule has 8 rings (SSSR count). The van der Waals surface area contributed by atoms with E-state index in [0.29, 0.717) is 47.5 Å². The summed E-state index contributed by atoms with van der Waals surface area (Å²) in [6.07, 6.45) is 5.67. The van der Waals surface area contributed by atoms with Gasteiger partial charge in [-0.3, -0.25) is 18.8 Å². The average molecular weight is 755 g/mol. The molecular weight excluding hydrogens is 713 g/mol. The Morgan fingerprint density at radius 2 is 1.07 bits per heavy atom. The Morgan fingerprint density at radius 3 is 1.49 bits per heavy atom. The molecule has 0 bridgehead atoms. The first-order valence-corrected chi connectivity index (χ1v) is 16.9. The maximum Gasteiger partial charge on any atom is 0.183 e. The molecule has 0 atom stereocenters. The third-order valence-electron chi connectivity index (χ3n) is 7.22. The lowest BCUT2D eigenvalue weighted by atomic mass is 10.2. The van der Waals surface area contributed by atoms with Crippen molar-refractivity contribution in [2.75, 3.05) is 11.5 Å². The van der Waals surface area contributed by atoms with Crippen LogP contribution in [-0.4, -0.2) is 49.8 Å². The van der Waals surface area contributed by atoms with E-state index in [1.54, 1.807) is 35.1 Å². The highest BCUT2D eigenvalue weighted by molar-refractivity contribution is 5.64. The summed E-state index contributed by atoms with van der Waals surface area (Å²) in [6, 6.07) is 28.8. The van der Waals surface area contributed by atoms with E-state index >= 15 is 0 Å². The molecule has 0 aliphatic carbocycles. The normalized spacial score (nSPS) is 9.91. The molecule has 6 aromatic heterocycles. The van der Waals surface area contributed by atoms with Crippen LogP contribution in [0.15, 0.2) is 125 Å². The number of anilines is 2. The standard InChI is InChI=1S/C17H13FN6O.C17H14N6O.2C2H6.2FH/c18-12-9-20-17(21-16(12)19)14-8-15(13-6-7-25-23-13)24(22-14)10-11-4-2-1-3-5-11;18-16-6-8-19-17(20-16)14-10-15(13-7-9-24-22-13)23(21-14)11-12-4-2-1-3-5-12;2*1-2;;/h1-9H,10H2,(H2,19,20,21);1-10H,11H2,(H2,18,19,20);2*1-2H3;2*1H. The van der Waals surface area contributed by atoms with Crippen molar-refractivity contribution in [1.82, 2.24) is 49.8 Å². The van der Waals surface area contributed by atoms with Crippen molar-refractivity contribution in [2.24, 2.45) is 0 Å². The Hall–Kier alpha value is -7.17. The largest absolute Gasteiger partial charge is 0.384 e. The van der Waals surface area contributed by atoms with E-state index in [4.69, 9.17) is 20.5 Å². The highest BCUT2D eigenvalue weighted by Crippen LogP contribution is 2.26. The van der Waals surface area contributed by atoms with Crippen molar-refractivity contribution in [2.45, 2.75) is 40.8 Å². The molecule has 0 amide bonds. The molecule has 0 unspecified atom stereocenters. The third kappa shape index (κ3) is 10.7. The Bertz CT molecular complexity index is 2280. The number of hydrogen-bond donors (Lipinski definition) is 2. The Balaban J connectivity index is 0.000000262. The van der Waals surface area contributed by atoms with Crippen molar-refractivity contribution in [3.63, 3.8) is 0 Å². The van der Waals surface area contributed by atoms with Crippen LogP contribution in [0.25, 0.3) is 45.8 Å². The molecular formula is C38H41F3N12O2. The second-order valence-corrected chi connectivity index (χ2v) is 10.6. The van der Waals surface area contributed by atoms with E-state index in [0.717, 1.165) is 28.7 Å². The maximum atomic E-state index is 13.3. The van der Waals surface area contributed by atoms with Crippen LogP contribution >= 0.6 is 0 Å². The van der Waals surface area contributed by atoms with Crippen LogP contribution in [0, 0.1) is 5.82 Å². The topological polar surface area (TPSA) is 191 Å². The minimum absolute atomic E-state index is 0. The van der Waals surface area contributed by atoms with Gasteiger partial charge in [0.1, 0.15) is 41.1 Å². The first-order chi connectivity index (χ1) is 26.0. The smallest absolute Gasteiger partial charge is 0.183 e. The SMILES string of the molecule is CC.CC.F.F.Nc1ccnc(-c2cc(-c3ccon3)n(Cc3ccccc3)n2)n1.Nc1nc(-c2cc(-c3ccon3)n(Cc3ccccc3)n2)ncc1F. The van der Waals surface area contributed by atoms with Gasteiger partial charge in [0.05, 0.1) is 30.7 Å².